The number of thiazole rings is 1. The first-order chi connectivity index (χ1) is 11.2. The van der Waals surface area contributed by atoms with E-state index in [9.17, 15) is 10.1 Å². The van der Waals surface area contributed by atoms with Crippen molar-refractivity contribution in [2.75, 3.05) is 0 Å². The molecular formula is C18H20N2O2S. The summed E-state index contributed by atoms with van der Waals surface area (Å²) in [4.78, 5) is 16.4. The Morgan fingerprint density at radius 3 is 2.91 bits per heavy atom. The fraction of sp³-hybridized carbons (Fsp3) is 0.500. The zero-order valence-electron chi connectivity index (χ0n) is 13.1. The topological polar surface area (TPSA) is 56.0 Å². The van der Waals surface area contributed by atoms with Crippen LogP contribution in [0.3, 0.4) is 0 Å². The van der Waals surface area contributed by atoms with Crippen molar-refractivity contribution >= 4 is 23.0 Å². The molecule has 0 saturated heterocycles. The quantitative estimate of drug-likeness (QED) is 0.631. The summed E-state index contributed by atoms with van der Waals surface area (Å²) in [5, 5.41) is 13.8. The summed E-state index contributed by atoms with van der Waals surface area (Å²) in [5.41, 5.74) is 1.89. The van der Waals surface area contributed by atoms with Gasteiger partial charge in [-0.05, 0) is 36.5 Å². The molecule has 0 radical (unpaired) electrons. The van der Waals surface area contributed by atoms with Crippen molar-refractivity contribution in [2.45, 2.75) is 56.9 Å². The van der Waals surface area contributed by atoms with E-state index in [2.05, 4.69) is 24.3 Å². The lowest BCUT2D eigenvalue weighted by Gasteiger charge is -2.28. The molecule has 23 heavy (non-hydrogen) atoms. The van der Waals surface area contributed by atoms with E-state index in [1.807, 2.05) is 0 Å². The summed E-state index contributed by atoms with van der Waals surface area (Å²) in [6, 6.07) is 0. The van der Waals surface area contributed by atoms with E-state index in [1.165, 1.54) is 15.7 Å². The van der Waals surface area contributed by atoms with Crippen molar-refractivity contribution < 1.29 is 4.92 Å². The minimum Gasteiger partial charge on any atom is -0.264 e. The van der Waals surface area contributed by atoms with E-state index in [4.69, 9.17) is 4.98 Å². The molecule has 0 atom stereocenters. The Labute approximate surface area is 139 Å². The number of hydrogen-bond acceptors (Lipinski definition) is 4. The first kappa shape index (κ1) is 14.8. The summed E-state index contributed by atoms with van der Waals surface area (Å²) < 4.78 is 1.23. The van der Waals surface area contributed by atoms with Gasteiger partial charge in [-0.25, -0.2) is 4.98 Å². The number of fused-ring (bicyclic) bond motifs is 2. The molecule has 4 nitrogen and oxygen atoms in total. The van der Waals surface area contributed by atoms with Gasteiger partial charge in [0, 0.05) is 30.6 Å². The molecule has 0 amide bonds. The number of hydrogen-bond donors (Lipinski definition) is 0. The van der Waals surface area contributed by atoms with Crippen molar-refractivity contribution in [3.05, 3.63) is 48.8 Å². The Hall–Kier alpha value is -1.75. The average molecular weight is 328 g/mol. The molecule has 0 unspecified atom stereocenters. The smallest absolute Gasteiger partial charge is 0.222 e. The molecule has 1 aromatic rings. The number of rotatable bonds is 4. The molecule has 3 aliphatic carbocycles. The van der Waals surface area contributed by atoms with Gasteiger partial charge in [0.25, 0.3) is 0 Å². The van der Waals surface area contributed by atoms with Crippen LogP contribution in [-0.4, -0.2) is 15.4 Å². The number of aromatic nitrogens is 1. The highest BCUT2D eigenvalue weighted by atomic mass is 32.1. The molecule has 0 aromatic carbocycles. The van der Waals surface area contributed by atoms with Crippen LogP contribution in [0.2, 0.25) is 0 Å². The van der Waals surface area contributed by atoms with E-state index in [1.54, 1.807) is 11.3 Å². The van der Waals surface area contributed by atoms with E-state index in [0.29, 0.717) is 6.42 Å². The number of aryl methyl sites for hydroxylation is 1. The highest BCUT2D eigenvalue weighted by molar-refractivity contribution is 7.09. The van der Waals surface area contributed by atoms with Crippen LogP contribution in [0, 0.1) is 10.1 Å². The zero-order chi connectivity index (χ0) is 15.9. The minimum atomic E-state index is -0.705. The van der Waals surface area contributed by atoms with Crippen LogP contribution >= 0.6 is 11.3 Å². The molecule has 1 heterocycles. The Kier molecular flexibility index (Phi) is 3.68. The Bertz CT molecular complexity index is 826. The van der Waals surface area contributed by atoms with Gasteiger partial charge in [0.15, 0.2) is 0 Å². The van der Waals surface area contributed by atoms with Crippen LogP contribution < -0.4 is 9.88 Å². The van der Waals surface area contributed by atoms with E-state index in [0.717, 1.165) is 55.3 Å². The Morgan fingerprint density at radius 2 is 2.13 bits per heavy atom. The molecule has 0 N–H and O–H groups in total. The van der Waals surface area contributed by atoms with Gasteiger partial charge < -0.3 is 0 Å². The number of nitrogens with zero attached hydrogens (tertiary/aromatic N) is 2. The van der Waals surface area contributed by atoms with E-state index < -0.39 is 5.54 Å². The summed E-state index contributed by atoms with van der Waals surface area (Å²) in [7, 11) is 0. The van der Waals surface area contributed by atoms with Crippen molar-refractivity contribution in [1.29, 1.82) is 0 Å². The second-order valence-corrected chi connectivity index (χ2v) is 7.85. The molecule has 1 saturated carbocycles. The van der Waals surface area contributed by atoms with Gasteiger partial charge in [-0.1, -0.05) is 24.6 Å². The van der Waals surface area contributed by atoms with Crippen LogP contribution in [0.1, 0.15) is 50.0 Å². The van der Waals surface area contributed by atoms with Crippen LogP contribution in [0.25, 0.3) is 11.6 Å². The standard InChI is InChI=1S/C18H20N2O2S/c21-20(22)18(9-4-1-5-10-18)11-8-16-19-17-14-7-3-2-6-13(14)12-15(17)23-16/h2-3,6,12H,1,4-5,7-11H2. The van der Waals surface area contributed by atoms with Gasteiger partial charge in [-0.15, -0.1) is 11.3 Å². The lowest BCUT2D eigenvalue weighted by atomic mass is 9.79. The molecule has 0 aliphatic heterocycles. The number of allylic oxidation sites excluding steroid dienone is 4. The third kappa shape index (κ3) is 2.57. The first-order valence-electron chi connectivity index (χ1n) is 8.40. The lowest BCUT2D eigenvalue weighted by molar-refractivity contribution is -0.576. The van der Waals surface area contributed by atoms with E-state index >= 15 is 0 Å². The maximum absolute atomic E-state index is 11.6. The summed E-state index contributed by atoms with van der Waals surface area (Å²) in [6.07, 6.45) is 15.5. The van der Waals surface area contributed by atoms with Gasteiger partial charge in [-0.2, -0.15) is 0 Å². The van der Waals surface area contributed by atoms with Crippen molar-refractivity contribution in [3.63, 3.8) is 0 Å². The van der Waals surface area contributed by atoms with Crippen LogP contribution in [-0.2, 0) is 6.42 Å². The SMILES string of the molecule is O=[N+]([O-])C1(CCc2nc3c(s2)=CC2=CC=CCC=32)CCCCC1. The monoisotopic (exact) mass is 328 g/mol. The van der Waals surface area contributed by atoms with Gasteiger partial charge >= 0.3 is 0 Å². The summed E-state index contributed by atoms with van der Waals surface area (Å²) >= 11 is 1.71. The van der Waals surface area contributed by atoms with Gasteiger partial charge in [0.05, 0.1) is 14.9 Å². The fourth-order valence-corrected chi connectivity index (χ4v) is 5.00. The van der Waals surface area contributed by atoms with Gasteiger partial charge in [0.2, 0.25) is 5.54 Å². The Morgan fingerprint density at radius 1 is 1.30 bits per heavy atom. The molecule has 120 valence electrons. The van der Waals surface area contributed by atoms with Crippen molar-refractivity contribution in [2.24, 2.45) is 0 Å². The van der Waals surface area contributed by atoms with Crippen LogP contribution in [0.5, 0.6) is 0 Å². The molecule has 1 fully saturated rings. The second kappa shape index (κ2) is 5.71. The lowest BCUT2D eigenvalue weighted by Crippen LogP contribution is -2.40. The molecule has 1 aromatic heterocycles. The van der Waals surface area contributed by atoms with Crippen LogP contribution in [0.4, 0.5) is 0 Å². The molecule has 0 bridgehead atoms. The molecule has 3 aliphatic rings. The maximum atomic E-state index is 11.6. The summed E-state index contributed by atoms with van der Waals surface area (Å²) in [5.74, 6) is 0. The molecule has 0 spiro atoms. The predicted molar refractivity (Wildman–Crippen MR) is 92.2 cm³/mol. The van der Waals surface area contributed by atoms with Crippen molar-refractivity contribution in [1.82, 2.24) is 4.98 Å². The highest BCUT2D eigenvalue weighted by Gasteiger charge is 2.43. The molecule has 5 heteroatoms. The summed E-state index contributed by atoms with van der Waals surface area (Å²) in [6.45, 7) is 0. The maximum Gasteiger partial charge on any atom is 0.222 e. The molecular weight excluding hydrogens is 308 g/mol. The zero-order valence-corrected chi connectivity index (χ0v) is 13.9. The third-order valence-electron chi connectivity index (χ3n) is 5.33. The highest BCUT2D eigenvalue weighted by Crippen LogP contribution is 2.35. The Balaban J connectivity index is 1.56. The predicted octanol–water partition coefficient (Wildman–Crippen LogP) is 2.89. The molecule has 4 rings (SSSR count). The largest absolute Gasteiger partial charge is 0.264 e. The van der Waals surface area contributed by atoms with E-state index in [-0.39, 0.29) is 4.92 Å². The second-order valence-electron chi connectivity index (χ2n) is 6.74. The van der Waals surface area contributed by atoms with Crippen LogP contribution in [0.15, 0.2) is 23.8 Å². The fourth-order valence-electron chi connectivity index (χ4n) is 3.96. The average Bonchev–Trinajstić information content (AvgIpc) is 3.11. The minimum absolute atomic E-state index is 0.0128. The van der Waals surface area contributed by atoms with Crippen molar-refractivity contribution in [3.8, 4) is 0 Å². The number of nitro groups is 1. The van der Waals surface area contributed by atoms with Gasteiger partial charge in [0.1, 0.15) is 0 Å². The third-order valence-corrected chi connectivity index (χ3v) is 6.39. The van der Waals surface area contributed by atoms with Gasteiger partial charge in [-0.3, -0.25) is 10.1 Å². The first-order valence-corrected chi connectivity index (χ1v) is 9.22. The normalized spacial score (nSPS) is 21.4.